The van der Waals surface area contributed by atoms with Crippen LogP contribution in [0.2, 0.25) is 0 Å². The van der Waals surface area contributed by atoms with Crippen LogP contribution < -0.4 is 5.32 Å². The van der Waals surface area contributed by atoms with Crippen molar-refractivity contribution in [1.29, 1.82) is 0 Å². The summed E-state index contributed by atoms with van der Waals surface area (Å²) in [6.45, 7) is 1.06. The summed E-state index contributed by atoms with van der Waals surface area (Å²) >= 11 is 6.49. The molecule has 0 aromatic carbocycles. The zero-order valence-electron chi connectivity index (χ0n) is 3.53. The minimum absolute atomic E-state index is 0. The molecule has 4 heteroatoms. The van der Waals surface area contributed by atoms with Gasteiger partial charge < -0.3 is 5.32 Å². The van der Waals surface area contributed by atoms with Gasteiger partial charge in [-0.05, 0) is 0 Å². The van der Waals surface area contributed by atoms with E-state index < -0.39 is 0 Å². The fourth-order valence-corrected chi connectivity index (χ4v) is 1.29. The summed E-state index contributed by atoms with van der Waals surface area (Å²) in [5.41, 5.74) is 0. The summed E-state index contributed by atoms with van der Waals surface area (Å²) < 4.78 is 0.954. The van der Waals surface area contributed by atoms with Crippen LogP contribution in [0, 0.1) is 0 Å². The Bertz CT molecular complexity index is 67.3. The Morgan fingerprint density at radius 3 is 2.57 bits per heavy atom. The van der Waals surface area contributed by atoms with E-state index in [0.29, 0.717) is 0 Å². The van der Waals surface area contributed by atoms with Gasteiger partial charge in [0.15, 0.2) is 0 Å². The number of thiocarbonyl (C=S) groups is 1. The standard InChI is InChI=1S/C3H5NS2.Cu/c5-3-4-1-2-6-3;/h1-2H2,(H,4,5);/q;+2. The molecular weight excluding hydrogens is 178 g/mol. The van der Waals surface area contributed by atoms with Gasteiger partial charge in [0.1, 0.15) is 4.32 Å². The van der Waals surface area contributed by atoms with Crippen molar-refractivity contribution >= 4 is 28.3 Å². The second-order valence-electron chi connectivity index (χ2n) is 1.06. The molecule has 7 heavy (non-hydrogen) atoms. The van der Waals surface area contributed by atoms with Crippen molar-refractivity contribution in [3.8, 4) is 0 Å². The Labute approximate surface area is 63.1 Å². The molecule has 43 valence electrons. The topological polar surface area (TPSA) is 12.0 Å². The number of hydrogen-bond acceptors (Lipinski definition) is 2. The Morgan fingerprint density at radius 1 is 1.71 bits per heavy atom. The Balaban J connectivity index is 0.000000360. The van der Waals surface area contributed by atoms with Crippen molar-refractivity contribution < 1.29 is 17.1 Å². The minimum atomic E-state index is 0. The van der Waals surface area contributed by atoms with Crippen molar-refractivity contribution in [2.75, 3.05) is 12.3 Å². The molecule has 0 aromatic heterocycles. The molecule has 0 atom stereocenters. The molecule has 1 radical (unpaired) electrons. The molecule has 1 N–H and O–H groups in total. The predicted octanol–water partition coefficient (Wildman–Crippen LogP) is 0.605. The zero-order valence-corrected chi connectivity index (χ0v) is 6.11. The van der Waals surface area contributed by atoms with Gasteiger partial charge in [0, 0.05) is 12.3 Å². The maximum Gasteiger partial charge on any atom is 2.00 e. The van der Waals surface area contributed by atoms with Crippen LogP contribution >= 0.6 is 24.0 Å². The third-order valence-corrected chi connectivity index (χ3v) is 1.92. The van der Waals surface area contributed by atoms with Crippen LogP contribution in [-0.4, -0.2) is 16.6 Å². The van der Waals surface area contributed by atoms with E-state index in [9.17, 15) is 0 Å². The molecule has 1 aliphatic rings. The van der Waals surface area contributed by atoms with E-state index >= 15 is 0 Å². The molecule has 0 bridgehead atoms. The van der Waals surface area contributed by atoms with E-state index in [0.717, 1.165) is 16.6 Å². The van der Waals surface area contributed by atoms with E-state index in [1.54, 1.807) is 11.8 Å². The van der Waals surface area contributed by atoms with Gasteiger partial charge in [0.05, 0.1) is 0 Å². The average Bonchev–Trinajstić information content (AvgIpc) is 1.86. The summed E-state index contributed by atoms with van der Waals surface area (Å²) in [4.78, 5) is 0. The predicted molar refractivity (Wildman–Crippen MR) is 33.1 cm³/mol. The third-order valence-electron chi connectivity index (χ3n) is 0.605. The van der Waals surface area contributed by atoms with E-state index in [1.807, 2.05) is 0 Å². The number of hydrogen-bond donors (Lipinski definition) is 1. The monoisotopic (exact) mass is 182 g/mol. The first-order chi connectivity index (χ1) is 2.89. The summed E-state index contributed by atoms with van der Waals surface area (Å²) in [5, 5.41) is 3.01. The third kappa shape index (κ3) is 2.54. The summed E-state index contributed by atoms with van der Waals surface area (Å²) in [5.74, 6) is 1.15. The van der Waals surface area contributed by atoms with Gasteiger partial charge in [-0.15, -0.1) is 0 Å². The molecular formula is C3H5CuNS2+2. The van der Waals surface area contributed by atoms with Gasteiger partial charge in [-0.3, -0.25) is 0 Å². The molecule has 0 aliphatic carbocycles. The smallest absolute Gasteiger partial charge is 0.370 e. The second kappa shape index (κ2) is 3.72. The van der Waals surface area contributed by atoms with Crippen LogP contribution in [0.3, 0.4) is 0 Å². The Morgan fingerprint density at radius 2 is 2.43 bits per heavy atom. The largest absolute Gasteiger partial charge is 2.00 e. The fourth-order valence-electron chi connectivity index (χ4n) is 0.348. The van der Waals surface area contributed by atoms with Crippen molar-refractivity contribution in [2.45, 2.75) is 0 Å². The van der Waals surface area contributed by atoms with Gasteiger partial charge in [0.2, 0.25) is 0 Å². The van der Waals surface area contributed by atoms with Gasteiger partial charge in [0.25, 0.3) is 0 Å². The van der Waals surface area contributed by atoms with Crippen LogP contribution in [0.1, 0.15) is 0 Å². The van der Waals surface area contributed by atoms with Crippen molar-refractivity contribution in [1.82, 2.24) is 5.32 Å². The van der Waals surface area contributed by atoms with Gasteiger partial charge in [-0.25, -0.2) is 0 Å². The van der Waals surface area contributed by atoms with Crippen LogP contribution in [0.25, 0.3) is 0 Å². The normalized spacial score (nSPS) is 18.0. The van der Waals surface area contributed by atoms with Crippen LogP contribution in [0.15, 0.2) is 0 Å². The average molecular weight is 183 g/mol. The second-order valence-corrected chi connectivity index (χ2v) is 2.83. The molecule has 0 aromatic rings. The summed E-state index contributed by atoms with van der Waals surface area (Å²) in [6, 6.07) is 0. The van der Waals surface area contributed by atoms with Gasteiger partial charge >= 0.3 is 17.1 Å². The van der Waals surface area contributed by atoms with E-state index in [-0.39, 0.29) is 17.1 Å². The van der Waals surface area contributed by atoms with Gasteiger partial charge in [-0.1, -0.05) is 24.0 Å². The fraction of sp³-hybridized carbons (Fsp3) is 0.667. The first-order valence-corrected chi connectivity index (χ1v) is 3.19. The molecule has 0 saturated carbocycles. The molecule has 1 heterocycles. The number of thioether (sulfide) groups is 1. The van der Waals surface area contributed by atoms with Gasteiger partial charge in [-0.2, -0.15) is 0 Å². The maximum atomic E-state index is 4.77. The zero-order chi connectivity index (χ0) is 4.41. The molecule has 1 fully saturated rings. The SMILES string of the molecule is S=C1NCCS1.[Cu+2]. The van der Waals surface area contributed by atoms with Crippen LogP contribution in [0.5, 0.6) is 0 Å². The quantitative estimate of drug-likeness (QED) is 0.436. The van der Waals surface area contributed by atoms with Crippen molar-refractivity contribution in [2.24, 2.45) is 0 Å². The number of nitrogens with one attached hydrogen (secondary N) is 1. The maximum absolute atomic E-state index is 4.77. The number of rotatable bonds is 0. The molecule has 0 spiro atoms. The molecule has 1 saturated heterocycles. The Hall–Kier alpha value is 0.759. The summed E-state index contributed by atoms with van der Waals surface area (Å²) in [6.07, 6.45) is 0. The molecule has 0 unspecified atom stereocenters. The van der Waals surface area contributed by atoms with E-state index in [1.165, 1.54) is 0 Å². The first kappa shape index (κ1) is 7.76. The first-order valence-electron chi connectivity index (χ1n) is 1.80. The minimum Gasteiger partial charge on any atom is -0.370 e. The summed E-state index contributed by atoms with van der Waals surface area (Å²) in [7, 11) is 0. The van der Waals surface area contributed by atoms with Crippen LogP contribution in [0.4, 0.5) is 0 Å². The van der Waals surface area contributed by atoms with E-state index in [2.05, 4.69) is 5.32 Å². The molecule has 0 amide bonds. The van der Waals surface area contributed by atoms with Crippen molar-refractivity contribution in [3.63, 3.8) is 0 Å². The Kier molecular flexibility index (Phi) is 4.13. The van der Waals surface area contributed by atoms with Crippen molar-refractivity contribution in [3.05, 3.63) is 0 Å². The van der Waals surface area contributed by atoms with Crippen LogP contribution in [-0.2, 0) is 17.1 Å². The molecule has 1 rings (SSSR count). The molecule has 1 aliphatic heterocycles. The van der Waals surface area contributed by atoms with E-state index in [4.69, 9.17) is 12.2 Å². The molecule has 1 nitrogen and oxygen atoms in total.